The first-order valence-corrected chi connectivity index (χ1v) is 8.04. The van der Waals surface area contributed by atoms with E-state index in [-0.39, 0.29) is 23.8 Å². The van der Waals surface area contributed by atoms with E-state index in [4.69, 9.17) is 5.26 Å². The number of hydrogen-bond acceptors (Lipinski definition) is 4. The highest BCUT2D eigenvalue weighted by Crippen LogP contribution is 2.21. The first-order chi connectivity index (χ1) is 8.35. The fraction of sp³-hybridized carbons (Fsp3) is 0.833. The SMILES string of the molecule is CC(C)CN(CCC#N)C(=O)C1CCS(=O)(=O)C1. The average Bonchev–Trinajstić information content (AvgIpc) is 2.63. The van der Waals surface area contributed by atoms with Crippen molar-refractivity contribution in [3.63, 3.8) is 0 Å². The lowest BCUT2D eigenvalue weighted by atomic mass is 10.1. The minimum atomic E-state index is -3.04. The predicted octanol–water partition coefficient (Wildman–Crippen LogP) is 0.819. The fourth-order valence-electron chi connectivity index (χ4n) is 2.17. The zero-order valence-corrected chi connectivity index (χ0v) is 11.7. The van der Waals surface area contributed by atoms with E-state index in [0.717, 1.165) is 0 Å². The van der Waals surface area contributed by atoms with Crippen LogP contribution >= 0.6 is 0 Å². The van der Waals surface area contributed by atoms with Crippen molar-refractivity contribution in [2.75, 3.05) is 24.6 Å². The summed E-state index contributed by atoms with van der Waals surface area (Å²) in [5.74, 6) is -0.137. The van der Waals surface area contributed by atoms with E-state index < -0.39 is 15.8 Å². The molecule has 5 nitrogen and oxygen atoms in total. The molecule has 6 heteroatoms. The first-order valence-electron chi connectivity index (χ1n) is 6.22. The molecule has 0 aromatic heterocycles. The maximum Gasteiger partial charge on any atom is 0.226 e. The van der Waals surface area contributed by atoms with Crippen LogP contribution in [-0.4, -0.2) is 43.8 Å². The molecule has 1 heterocycles. The zero-order chi connectivity index (χ0) is 13.8. The summed E-state index contributed by atoms with van der Waals surface area (Å²) in [6.07, 6.45) is 0.709. The Kier molecular flexibility index (Phi) is 5.15. The molecule has 1 unspecified atom stereocenters. The van der Waals surface area contributed by atoms with Crippen molar-refractivity contribution in [3.05, 3.63) is 0 Å². The number of sulfone groups is 1. The van der Waals surface area contributed by atoms with E-state index in [1.54, 1.807) is 4.90 Å². The van der Waals surface area contributed by atoms with Gasteiger partial charge in [-0.15, -0.1) is 0 Å². The van der Waals surface area contributed by atoms with Crippen LogP contribution in [-0.2, 0) is 14.6 Å². The molecular weight excluding hydrogens is 252 g/mol. The van der Waals surface area contributed by atoms with Crippen LogP contribution < -0.4 is 0 Å². The van der Waals surface area contributed by atoms with Crippen LogP contribution in [0.4, 0.5) is 0 Å². The first kappa shape index (κ1) is 15.0. The van der Waals surface area contributed by atoms with E-state index in [2.05, 4.69) is 0 Å². The number of nitrogens with zero attached hydrogens (tertiary/aromatic N) is 2. The largest absolute Gasteiger partial charge is 0.341 e. The van der Waals surface area contributed by atoms with Gasteiger partial charge in [0.05, 0.1) is 29.9 Å². The molecule has 0 spiro atoms. The molecule has 1 aliphatic rings. The summed E-state index contributed by atoms with van der Waals surface area (Å²) in [5.41, 5.74) is 0. The van der Waals surface area contributed by atoms with Gasteiger partial charge in [0.1, 0.15) is 0 Å². The Morgan fingerprint density at radius 3 is 2.61 bits per heavy atom. The number of hydrogen-bond donors (Lipinski definition) is 0. The van der Waals surface area contributed by atoms with E-state index in [0.29, 0.717) is 25.4 Å². The Morgan fingerprint density at radius 1 is 1.50 bits per heavy atom. The number of carbonyl (C=O) groups excluding carboxylic acids is 1. The van der Waals surface area contributed by atoms with Gasteiger partial charge in [-0.1, -0.05) is 13.8 Å². The van der Waals surface area contributed by atoms with Crippen LogP contribution in [0.25, 0.3) is 0 Å². The second-order valence-electron chi connectivity index (χ2n) is 5.19. The Morgan fingerprint density at radius 2 is 2.17 bits per heavy atom. The van der Waals surface area contributed by atoms with Gasteiger partial charge in [0.15, 0.2) is 9.84 Å². The molecular formula is C12H20N2O3S. The second-order valence-corrected chi connectivity index (χ2v) is 7.41. The number of nitriles is 1. The summed E-state index contributed by atoms with van der Waals surface area (Å²) in [5, 5.41) is 8.60. The molecule has 102 valence electrons. The average molecular weight is 272 g/mol. The molecule has 0 N–H and O–H groups in total. The van der Waals surface area contributed by atoms with Gasteiger partial charge in [0, 0.05) is 13.1 Å². The Hall–Kier alpha value is -1.09. The molecule has 0 bridgehead atoms. The van der Waals surface area contributed by atoms with E-state index in [1.165, 1.54) is 0 Å². The third-order valence-corrected chi connectivity index (χ3v) is 4.74. The molecule has 0 saturated carbocycles. The van der Waals surface area contributed by atoms with E-state index in [1.807, 2.05) is 19.9 Å². The van der Waals surface area contributed by atoms with Gasteiger partial charge in [0.25, 0.3) is 0 Å². The molecule has 1 aliphatic heterocycles. The van der Waals surface area contributed by atoms with Crippen molar-refractivity contribution in [2.24, 2.45) is 11.8 Å². The Balaban J connectivity index is 2.67. The molecule has 1 saturated heterocycles. The van der Waals surface area contributed by atoms with Crippen molar-refractivity contribution in [3.8, 4) is 6.07 Å². The van der Waals surface area contributed by atoms with Gasteiger partial charge in [-0.3, -0.25) is 4.79 Å². The number of amides is 1. The topological polar surface area (TPSA) is 78.2 Å². The minimum Gasteiger partial charge on any atom is -0.341 e. The van der Waals surface area contributed by atoms with E-state index in [9.17, 15) is 13.2 Å². The Labute approximate surface area is 109 Å². The highest BCUT2D eigenvalue weighted by molar-refractivity contribution is 7.91. The molecule has 0 aromatic rings. The van der Waals surface area contributed by atoms with Crippen LogP contribution in [0.2, 0.25) is 0 Å². The number of carbonyl (C=O) groups is 1. The van der Waals surface area contributed by atoms with Crippen LogP contribution in [0, 0.1) is 23.2 Å². The third kappa shape index (κ3) is 4.30. The summed E-state index contributed by atoms with van der Waals surface area (Å²) in [4.78, 5) is 13.9. The molecule has 0 radical (unpaired) electrons. The molecule has 1 amide bonds. The molecule has 0 aliphatic carbocycles. The standard InChI is InChI=1S/C12H20N2O3S/c1-10(2)8-14(6-3-5-13)12(15)11-4-7-18(16,17)9-11/h10-11H,3-4,6-9H2,1-2H3. The van der Waals surface area contributed by atoms with Gasteiger partial charge in [-0.2, -0.15) is 5.26 Å². The molecule has 0 aromatic carbocycles. The maximum atomic E-state index is 12.2. The second kappa shape index (κ2) is 6.19. The van der Waals surface area contributed by atoms with Crippen molar-refractivity contribution in [1.29, 1.82) is 5.26 Å². The van der Waals surface area contributed by atoms with Gasteiger partial charge < -0.3 is 4.90 Å². The lowest BCUT2D eigenvalue weighted by Gasteiger charge is -2.26. The van der Waals surface area contributed by atoms with E-state index >= 15 is 0 Å². The van der Waals surface area contributed by atoms with Crippen LogP contribution in [0.15, 0.2) is 0 Å². The summed E-state index contributed by atoms with van der Waals surface area (Å²) >= 11 is 0. The predicted molar refractivity (Wildman–Crippen MR) is 68.4 cm³/mol. The quantitative estimate of drug-likeness (QED) is 0.742. The highest BCUT2D eigenvalue weighted by Gasteiger charge is 2.35. The third-order valence-electron chi connectivity index (χ3n) is 2.97. The van der Waals surface area contributed by atoms with Crippen molar-refractivity contribution < 1.29 is 13.2 Å². The molecule has 1 atom stereocenters. The van der Waals surface area contributed by atoms with Crippen LogP contribution in [0.3, 0.4) is 0 Å². The zero-order valence-electron chi connectivity index (χ0n) is 10.9. The van der Waals surface area contributed by atoms with Gasteiger partial charge >= 0.3 is 0 Å². The normalized spacial score (nSPS) is 21.8. The summed E-state index contributed by atoms with van der Waals surface area (Å²) in [7, 11) is -3.04. The number of rotatable bonds is 5. The van der Waals surface area contributed by atoms with Crippen molar-refractivity contribution >= 4 is 15.7 Å². The van der Waals surface area contributed by atoms with Gasteiger partial charge in [-0.05, 0) is 12.3 Å². The smallest absolute Gasteiger partial charge is 0.226 e. The molecule has 18 heavy (non-hydrogen) atoms. The maximum absolute atomic E-state index is 12.2. The lowest BCUT2D eigenvalue weighted by molar-refractivity contribution is -0.135. The van der Waals surface area contributed by atoms with Crippen molar-refractivity contribution in [2.45, 2.75) is 26.7 Å². The monoisotopic (exact) mass is 272 g/mol. The van der Waals surface area contributed by atoms with Crippen LogP contribution in [0.1, 0.15) is 26.7 Å². The van der Waals surface area contributed by atoms with Gasteiger partial charge in [0.2, 0.25) is 5.91 Å². The lowest BCUT2D eigenvalue weighted by Crippen LogP contribution is -2.39. The Bertz CT molecular complexity index is 437. The fourth-order valence-corrected chi connectivity index (χ4v) is 3.90. The van der Waals surface area contributed by atoms with Crippen molar-refractivity contribution in [1.82, 2.24) is 4.90 Å². The summed E-state index contributed by atoms with van der Waals surface area (Å²) in [6.45, 7) is 4.97. The summed E-state index contributed by atoms with van der Waals surface area (Å²) < 4.78 is 22.8. The molecule has 1 rings (SSSR count). The highest BCUT2D eigenvalue weighted by atomic mass is 32.2. The molecule has 1 fully saturated rings. The van der Waals surface area contributed by atoms with Gasteiger partial charge in [-0.25, -0.2) is 8.42 Å². The van der Waals surface area contributed by atoms with Crippen LogP contribution in [0.5, 0.6) is 0 Å². The minimum absolute atomic E-state index is 0.0347. The summed E-state index contributed by atoms with van der Waals surface area (Å²) in [6, 6.07) is 2.02.